The fourth-order valence-corrected chi connectivity index (χ4v) is 0.605. The van der Waals surface area contributed by atoms with Crippen LogP contribution in [0.3, 0.4) is 0 Å². The van der Waals surface area contributed by atoms with Crippen LogP contribution in [0.15, 0.2) is 30.4 Å². The average Bonchev–Trinajstić information content (AvgIpc) is 1.88. The van der Waals surface area contributed by atoms with Gasteiger partial charge in [0.1, 0.15) is 0 Å². The molecule has 0 saturated carbocycles. The topological polar surface area (TPSA) is 0 Å². The molecule has 0 atom stereocenters. The van der Waals surface area contributed by atoms with Crippen LogP contribution in [0, 0.1) is 13.5 Å². The van der Waals surface area contributed by atoms with Gasteiger partial charge in [-0.3, -0.25) is 6.08 Å². The number of rotatable bonds is 3. The summed E-state index contributed by atoms with van der Waals surface area (Å²) in [6.07, 6.45) is 9.78. The second-order valence-electron chi connectivity index (χ2n) is 1.76. The van der Waals surface area contributed by atoms with Gasteiger partial charge < -0.3 is 7.43 Å². The summed E-state index contributed by atoms with van der Waals surface area (Å²) in [6, 6.07) is 0. The Morgan fingerprint density at radius 1 is 1.55 bits per heavy atom. The molecule has 0 bridgehead atoms. The van der Waals surface area contributed by atoms with Crippen LogP contribution in [0.2, 0.25) is 0 Å². The van der Waals surface area contributed by atoms with Crippen molar-refractivity contribution in [3.05, 3.63) is 43.9 Å². The van der Waals surface area contributed by atoms with Gasteiger partial charge in [-0.05, 0) is 0 Å². The molecule has 0 aliphatic rings. The van der Waals surface area contributed by atoms with Gasteiger partial charge in [-0.25, -0.2) is 6.08 Å². The number of hydrogen-bond donors (Lipinski definition) is 0. The smallest absolute Gasteiger partial charge is 0.358 e. The van der Waals surface area contributed by atoms with E-state index < -0.39 is 0 Å². The van der Waals surface area contributed by atoms with E-state index in [9.17, 15) is 0 Å². The first-order chi connectivity index (χ1) is 4.35. The Hall–Kier alpha value is -0.0917. The van der Waals surface area contributed by atoms with Crippen molar-refractivity contribution >= 4 is 0 Å². The molecule has 0 nitrogen and oxygen atoms in total. The first-order valence-corrected chi connectivity index (χ1v) is 3.17. The van der Waals surface area contributed by atoms with Crippen molar-refractivity contribution in [2.24, 2.45) is 0 Å². The predicted molar refractivity (Wildman–Crippen MR) is 48.5 cm³/mol. The van der Waals surface area contributed by atoms with Crippen molar-refractivity contribution in [3.63, 3.8) is 0 Å². The third-order valence-corrected chi connectivity index (χ3v) is 1.07. The van der Waals surface area contributed by atoms with Crippen LogP contribution in [-0.2, 0) is 21.1 Å². The zero-order chi connectivity index (χ0) is 7.11. The fourth-order valence-electron chi connectivity index (χ4n) is 0.605. The number of allylic oxidation sites excluding steroid dienone is 5. The van der Waals surface area contributed by atoms with Gasteiger partial charge in [0.15, 0.2) is 0 Å². The normalized spacial score (nSPS) is 10.2. The Kier molecular flexibility index (Phi) is 19.6. The Bertz CT molecular complexity index is 132. The van der Waals surface area contributed by atoms with E-state index in [0.717, 1.165) is 6.42 Å². The summed E-state index contributed by atoms with van der Waals surface area (Å²) in [5, 5.41) is 0. The van der Waals surface area contributed by atoms with Crippen LogP contribution in [0.4, 0.5) is 0 Å². The molecule has 1 heteroatoms. The third-order valence-electron chi connectivity index (χ3n) is 1.07. The van der Waals surface area contributed by atoms with Crippen LogP contribution in [0.25, 0.3) is 0 Å². The summed E-state index contributed by atoms with van der Waals surface area (Å²) in [7, 11) is 0. The van der Waals surface area contributed by atoms with Gasteiger partial charge in [-0.15, -0.1) is 19.6 Å². The zero-order valence-corrected chi connectivity index (χ0v) is 10.5. The molecular formula is C10H16W. The molecule has 0 aliphatic carbocycles. The monoisotopic (exact) mass is 320 g/mol. The van der Waals surface area contributed by atoms with Gasteiger partial charge in [-0.1, -0.05) is 19.4 Å². The predicted octanol–water partition coefficient (Wildman–Crippen LogP) is 3.34. The summed E-state index contributed by atoms with van der Waals surface area (Å²) in [6.45, 7) is 7.62. The molecule has 0 amide bonds. The molecule has 0 rings (SSSR count). The van der Waals surface area contributed by atoms with E-state index >= 15 is 0 Å². The molecule has 0 N–H and O–H groups in total. The minimum atomic E-state index is 0. The van der Waals surface area contributed by atoms with Crippen LogP contribution < -0.4 is 0 Å². The second-order valence-corrected chi connectivity index (χ2v) is 1.76. The van der Waals surface area contributed by atoms with Crippen LogP contribution >= 0.6 is 0 Å². The van der Waals surface area contributed by atoms with Crippen molar-refractivity contribution < 1.29 is 21.1 Å². The molecule has 0 fully saturated rings. The van der Waals surface area contributed by atoms with Crippen molar-refractivity contribution in [2.75, 3.05) is 0 Å². The van der Waals surface area contributed by atoms with E-state index in [1.54, 1.807) is 6.08 Å². The van der Waals surface area contributed by atoms with E-state index in [2.05, 4.69) is 19.6 Å². The minimum absolute atomic E-state index is 0. The van der Waals surface area contributed by atoms with E-state index in [1.807, 2.05) is 19.1 Å². The molecule has 0 aromatic heterocycles. The molecule has 0 radical (unpaired) electrons. The van der Waals surface area contributed by atoms with E-state index in [4.69, 9.17) is 0 Å². The van der Waals surface area contributed by atoms with Gasteiger partial charge in [0.25, 0.3) is 0 Å². The Labute approximate surface area is 85.3 Å². The molecule has 0 aromatic rings. The largest absolute Gasteiger partial charge is 2.00 e. The molecular weight excluding hydrogens is 304 g/mol. The standard InChI is InChI=1S/C9H13.CH3.W/c1-4-7-9(6-3)8-5-2;;/h4,7-8H,1,6H2,2-3H3;1H3;/q2*-1;+2/b9-7-;;. The summed E-state index contributed by atoms with van der Waals surface area (Å²) in [5.41, 5.74) is 1.27. The van der Waals surface area contributed by atoms with Gasteiger partial charge in [0.05, 0.1) is 0 Å². The fraction of sp³-hybridized carbons (Fsp3) is 0.300. The van der Waals surface area contributed by atoms with Gasteiger partial charge in [0, 0.05) is 0 Å². The van der Waals surface area contributed by atoms with Gasteiger partial charge >= 0.3 is 21.1 Å². The molecule has 0 aromatic carbocycles. The molecule has 0 heterocycles. The first-order valence-electron chi connectivity index (χ1n) is 3.17. The van der Waals surface area contributed by atoms with Crippen molar-refractivity contribution in [1.29, 1.82) is 0 Å². The van der Waals surface area contributed by atoms with E-state index in [1.165, 1.54) is 5.57 Å². The quantitative estimate of drug-likeness (QED) is 0.553. The summed E-state index contributed by atoms with van der Waals surface area (Å²) >= 11 is 0. The van der Waals surface area contributed by atoms with Crippen molar-refractivity contribution in [3.8, 4) is 0 Å². The molecule has 0 spiro atoms. The van der Waals surface area contributed by atoms with Crippen molar-refractivity contribution in [2.45, 2.75) is 20.3 Å². The maximum atomic E-state index is 3.61. The van der Waals surface area contributed by atoms with Gasteiger partial charge in [-0.2, -0.15) is 5.57 Å². The Balaban J connectivity index is -0.000000320. The molecule has 0 unspecified atom stereocenters. The van der Waals surface area contributed by atoms with Crippen molar-refractivity contribution in [1.82, 2.24) is 0 Å². The van der Waals surface area contributed by atoms with Crippen LogP contribution in [-0.4, -0.2) is 0 Å². The minimum Gasteiger partial charge on any atom is -0.358 e. The Morgan fingerprint density at radius 3 is 2.36 bits per heavy atom. The average molecular weight is 320 g/mol. The second kappa shape index (κ2) is 12.6. The summed E-state index contributed by atoms with van der Waals surface area (Å²) in [5.74, 6) is 0. The molecule has 0 saturated heterocycles. The maximum absolute atomic E-state index is 3.61. The first kappa shape index (κ1) is 17.1. The molecule has 0 aliphatic heterocycles. The van der Waals surface area contributed by atoms with E-state index in [-0.39, 0.29) is 28.5 Å². The van der Waals surface area contributed by atoms with Gasteiger partial charge in [0.2, 0.25) is 0 Å². The SMILES string of the molecule is C=C/C=C(\C=[C-]C)CC.[CH3-].[W+2]. The third kappa shape index (κ3) is 9.91. The molecule has 11 heavy (non-hydrogen) atoms. The van der Waals surface area contributed by atoms with Crippen LogP contribution in [0.5, 0.6) is 0 Å². The molecule has 62 valence electrons. The summed E-state index contributed by atoms with van der Waals surface area (Å²) < 4.78 is 0. The zero-order valence-electron chi connectivity index (χ0n) is 7.55. The summed E-state index contributed by atoms with van der Waals surface area (Å²) in [4.78, 5) is 0. The van der Waals surface area contributed by atoms with Crippen LogP contribution in [0.1, 0.15) is 20.3 Å². The van der Waals surface area contributed by atoms with E-state index in [0.29, 0.717) is 0 Å². The maximum Gasteiger partial charge on any atom is 2.00 e. The Morgan fingerprint density at radius 2 is 2.09 bits per heavy atom. The number of hydrogen-bond acceptors (Lipinski definition) is 0.